The molecule has 0 radical (unpaired) electrons. The second-order valence-corrected chi connectivity index (χ2v) is 6.33. The summed E-state index contributed by atoms with van der Waals surface area (Å²) in [4.78, 5) is 2.14. The van der Waals surface area contributed by atoms with Crippen LogP contribution in [0, 0.1) is 11.3 Å². The Labute approximate surface area is 159 Å². The van der Waals surface area contributed by atoms with Crippen molar-refractivity contribution >= 4 is 23.0 Å². The predicted molar refractivity (Wildman–Crippen MR) is 110 cm³/mol. The molecule has 0 amide bonds. The number of rotatable bonds is 5. The summed E-state index contributed by atoms with van der Waals surface area (Å²) in [5.74, 6) is 0. The molecule has 4 heteroatoms. The van der Waals surface area contributed by atoms with Gasteiger partial charge in [0.15, 0.2) is 5.11 Å². The smallest absolute Gasteiger partial charge is 0.174 e. The summed E-state index contributed by atoms with van der Waals surface area (Å²) in [5.41, 5.74) is 3.91. The van der Waals surface area contributed by atoms with Crippen molar-refractivity contribution in [2.45, 2.75) is 13.1 Å². The monoisotopic (exact) mass is 357 g/mol. The van der Waals surface area contributed by atoms with E-state index in [1.54, 1.807) is 12.1 Å². The van der Waals surface area contributed by atoms with E-state index in [0.29, 0.717) is 10.7 Å². The second-order valence-electron chi connectivity index (χ2n) is 5.95. The molecule has 26 heavy (non-hydrogen) atoms. The van der Waals surface area contributed by atoms with Gasteiger partial charge in [0, 0.05) is 18.8 Å². The molecule has 3 aromatic rings. The number of nitrogens with zero attached hydrogens (tertiary/aromatic N) is 2. The predicted octanol–water partition coefficient (Wildman–Crippen LogP) is 4.96. The van der Waals surface area contributed by atoms with Crippen LogP contribution in [0.25, 0.3) is 0 Å². The number of anilines is 1. The summed E-state index contributed by atoms with van der Waals surface area (Å²) in [5, 5.41) is 12.9. The van der Waals surface area contributed by atoms with Crippen LogP contribution >= 0.6 is 12.2 Å². The first kappa shape index (κ1) is 17.7. The van der Waals surface area contributed by atoms with Crippen molar-refractivity contribution in [2.24, 2.45) is 0 Å². The molecule has 3 aromatic carbocycles. The van der Waals surface area contributed by atoms with Crippen molar-refractivity contribution in [1.29, 1.82) is 5.26 Å². The van der Waals surface area contributed by atoms with Gasteiger partial charge in [0.25, 0.3) is 0 Å². The Morgan fingerprint density at radius 3 is 1.77 bits per heavy atom. The summed E-state index contributed by atoms with van der Waals surface area (Å²) in [7, 11) is 0. The van der Waals surface area contributed by atoms with E-state index in [0.717, 1.165) is 18.8 Å². The third kappa shape index (κ3) is 4.92. The lowest BCUT2D eigenvalue weighted by Crippen LogP contribution is -2.33. The molecule has 0 fully saturated rings. The van der Waals surface area contributed by atoms with Crippen LogP contribution in [-0.2, 0) is 13.1 Å². The average molecular weight is 357 g/mol. The first-order valence-electron chi connectivity index (χ1n) is 8.38. The van der Waals surface area contributed by atoms with Gasteiger partial charge in [0.2, 0.25) is 0 Å². The number of hydrogen-bond donors (Lipinski definition) is 1. The maximum absolute atomic E-state index is 8.92. The molecule has 0 saturated carbocycles. The van der Waals surface area contributed by atoms with Crippen LogP contribution in [0.2, 0.25) is 0 Å². The van der Waals surface area contributed by atoms with E-state index in [1.165, 1.54) is 11.1 Å². The van der Waals surface area contributed by atoms with E-state index in [9.17, 15) is 0 Å². The molecule has 0 aromatic heterocycles. The van der Waals surface area contributed by atoms with Crippen LogP contribution in [0.4, 0.5) is 5.69 Å². The molecule has 0 heterocycles. The normalized spacial score (nSPS) is 9.96. The summed E-state index contributed by atoms with van der Waals surface area (Å²) in [6.07, 6.45) is 0. The Morgan fingerprint density at radius 1 is 0.808 bits per heavy atom. The van der Waals surface area contributed by atoms with Gasteiger partial charge >= 0.3 is 0 Å². The molecule has 1 N–H and O–H groups in total. The van der Waals surface area contributed by atoms with Gasteiger partial charge in [-0.05, 0) is 47.6 Å². The zero-order chi connectivity index (χ0) is 18.2. The summed E-state index contributed by atoms with van der Waals surface area (Å²) >= 11 is 5.67. The van der Waals surface area contributed by atoms with Gasteiger partial charge in [0.05, 0.1) is 11.6 Å². The van der Waals surface area contributed by atoms with E-state index in [2.05, 4.69) is 40.6 Å². The molecule has 0 spiro atoms. The fourth-order valence-electron chi connectivity index (χ4n) is 2.64. The molecule has 128 valence electrons. The molecule has 0 unspecified atom stereocenters. The first-order valence-corrected chi connectivity index (χ1v) is 8.79. The number of nitriles is 1. The zero-order valence-corrected chi connectivity index (χ0v) is 15.1. The highest BCUT2D eigenvalue weighted by atomic mass is 32.1. The highest BCUT2D eigenvalue weighted by molar-refractivity contribution is 7.80. The van der Waals surface area contributed by atoms with Crippen LogP contribution in [-0.4, -0.2) is 10.0 Å². The molecule has 0 saturated heterocycles. The molecule has 3 nitrogen and oxygen atoms in total. The quantitative estimate of drug-likeness (QED) is 0.655. The van der Waals surface area contributed by atoms with E-state index >= 15 is 0 Å². The Hall–Kier alpha value is -3.16. The van der Waals surface area contributed by atoms with E-state index in [-0.39, 0.29) is 0 Å². The van der Waals surface area contributed by atoms with Crippen molar-refractivity contribution in [3.63, 3.8) is 0 Å². The Kier molecular flexibility index (Phi) is 5.97. The maximum atomic E-state index is 8.92. The van der Waals surface area contributed by atoms with Crippen LogP contribution < -0.4 is 5.32 Å². The molecule has 0 bridgehead atoms. The Balaban J connectivity index is 1.76. The van der Waals surface area contributed by atoms with Gasteiger partial charge in [0.1, 0.15) is 0 Å². The zero-order valence-electron chi connectivity index (χ0n) is 14.3. The van der Waals surface area contributed by atoms with Gasteiger partial charge < -0.3 is 10.2 Å². The highest BCUT2D eigenvalue weighted by Crippen LogP contribution is 2.14. The van der Waals surface area contributed by atoms with Crippen LogP contribution in [0.3, 0.4) is 0 Å². The molecular formula is C22H19N3S. The van der Waals surface area contributed by atoms with Crippen molar-refractivity contribution in [3.8, 4) is 6.07 Å². The molecule has 3 rings (SSSR count). The minimum absolute atomic E-state index is 0.631. The molecule has 0 aliphatic carbocycles. The highest BCUT2D eigenvalue weighted by Gasteiger charge is 2.11. The van der Waals surface area contributed by atoms with Crippen LogP contribution in [0.5, 0.6) is 0 Å². The lowest BCUT2D eigenvalue weighted by Gasteiger charge is -2.26. The fraction of sp³-hybridized carbons (Fsp3) is 0.0909. The third-order valence-corrected chi connectivity index (χ3v) is 4.35. The topological polar surface area (TPSA) is 39.1 Å². The van der Waals surface area contributed by atoms with Crippen LogP contribution in [0.1, 0.15) is 16.7 Å². The summed E-state index contributed by atoms with van der Waals surface area (Å²) in [6.45, 7) is 1.44. The van der Waals surface area contributed by atoms with Crippen molar-refractivity contribution in [1.82, 2.24) is 4.90 Å². The SMILES string of the molecule is N#Cc1ccc(NC(=S)N(Cc2ccccc2)Cc2ccccc2)cc1. The lowest BCUT2D eigenvalue weighted by molar-refractivity contribution is 0.413. The number of thiocarbonyl (C=S) groups is 1. The summed E-state index contributed by atoms with van der Waals surface area (Å²) < 4.78 is 0. The lowest BCUT2D eigenvalue weighted by atomic mass is 10.2. The Bertz CT molecular complexity index is 843. The van der Waals surface area contributed by atoms with Crippen molar-refractivity contribution < 1.29 is 0 Å². The van der Waals surface area contributed by atoms with E-state index in [1.807, 2.05) is 48.5 Å². The largest absolute Gasteiger partial charge is 0.340 e. The third-order valence-electron chi connectivity index (χ3n) is 3.99. The Morgan fingerprint density at radius 2 is 1.31 bits per heavy atom. The number of nitrogens with one attached hydrogen (secondary N) is 1. The molecule has 0 aliphatic heterocycles. The van der Waals surface area contributed by atoms with E-state index < -0.39 is 0 Å². The molecular weight excluding hydrogens is 338 g/mol. The molecule has 0 atom stereocenters. The minimum Gasteiger partial charge on any atom is -0.340 e. The van der Waals surface area contributed by atoms with Gasteiger partial charge in [-0.25, -0.2) is 0 Å². The number of benzene rings is 3. The summed E-state index contributed by atoms with van der Waals surface area (Å²) in [6, 6.07) is 30.0. The van der Waals surface area contributed by atoms with Crippen molar-refractivity contribution in [3.05, 3.63) is 102 Å². The fourth-order valence-corrected chi connectivity index (χ4v) is 2.88. The first-order chi connectivity index (χ1) is 12.7. The average Bonchev–Trinajstić information content (AvgIpc) is 2.69. The second kappa shape index (κ2) is 8.80. The van der Waals surface area contributed by atoms with Gasteiger partial charge in [-0.3, -0.25) is 0 Å². The maximum Gasteiger partial charge on any atom is 0.174 e. The molecule has 0 aliphatic rings. The van der Waals surface area contributed by atoms with Gasteiger partial charge in [-0.2, -0.15) is 5.26 Å². The van der Waals surface area contributed by atoms with E-state index in [4.69, 9.17) is 17.5 Å². The van der Waals surface area contributed by atoms with Crippen LogP contribution in [0.15, 0.2) is 84.9 Å². The minimum atomic E-state index is 0.631. The van der Waals surface area contributed by atoms with Gasteiger partial charge in [-0.1, -0.05) is 60.7 Å². The van der Waals surface area contributed by atoms with Gasteiger partial charge in [-0.15, -0.1) is 0 Å². The van der Waals surface area contributed by atoms with Crippen molar-refractivity contribution in [2.75, 3.05) is 5.32 Å². The standard InChI is InChI=1S/C22H19N3S/c23-15-18-11-13-21(14-12-18)24-22(26)25(16-19-7-3-1-4-8-19)17-20-9-5-2-6-10-20/h1-14H,16-17H2,(H,24,26). The number of hydrogen-bond acceptors (Lipinski definition) is 2.